The standard InChI is InChI=1S/C12H14FNO3/c1-3-11(12(16)17)14(8(2)15)10-6-4-9(13)5-7-10/h4-7,11H,3H2,1-2H3,(H,16,17). The molecule has 0 heterocycles. The molecule has 4 nitrogen and oxygen atoms in total. The molecule has 1 aromatic rings. The molecule has 0 bridgehead atoms. The summed E-state index contributed by atoms with van der Waals surface area (Å²) >= 11 is 0. The molecule has 0 aromatic heterocycles. The third kappa shape index (κ3) is 3.03. The van der Waals surface area contributed by atoms with Crippen LogP contribution >= 0.6 is 0 Å². The summed E-state index contributed by atoms with van der Waals surface area (Å²) in [5.41, 5.74) is 0.383. The van der Waals surface area contributed by atoms with E-state index < -0.39 is 17.8 Å². The SMILES string of the molecule is CCC(C(=O)O)N(C(C)=O)c1ccc(F)cc1. The number of aliphatic carboxylic acids is 1. The van der Waals surface area contributed by atoms with Gasteiger partial charge in [0.25, 0.3) is 0 Å². The number of nitrogens with zero attached hydrogens (tertiary/aromatic N) is 1. The van der Waals surface area contributed by atoms with Gasteiger partial charge < -0.3 is 5.11 Å². The lowest BCUT2D eigenvalue weighted by Crippen LogP contribution is -2.43. The maximum absolute atomic E-state index is 12.8. The number of anilines is 1. The van der Waals surface area contributed by atoms with E-state index in [9.17, 15) is 14.0 Å². The topological polar surface area (TPSA) is 57.6 Å². The minimum absolute atomic E-state index is 0.284. The predicted octanol–water partition coefficient (Wildman–Crippen LogP) is 2.04. The molecule has 1 atom stereocenters. The lowest BCUT2D eigenvalue weighted by molar-refractivity contribution is -0.140. The Kier molecular flexibility index (Phi) is 4.20. The molecule has 1 unspecified atom stereocenters. The number of amides is 1. The number of hydrogen-bond acceptors (Lipinski definition) is 2. The average molecular weight is 239 g/mol. The van der Waals surface area contributed by atoms with Crippen LogP contribution in [0, 0.1) is 5.82 Å². The van der Waals surface area contributed by atoms with E-state index >= 15 is 0 Å². The third-order valence-electron chi connectivity index (χ3n) is 2.43. The van der Waals surface area contributed by atoms with E-state index in [0.717, 1.165) is 4.90 Å². The molecule has 1 aromatic carbocycles. The molecule has 1 rings (SSSR count). The molecule has 0 saturated heterocycles. The summed E-state index contributed by atoms with van der Waals surface area (Å²) in [6.45, 7) is 2.97. The van der Waals surface area contributed by atoms with E-state index in [1.54, 1.807) is 6.92 Å². The summed E-state index contributed by atoms with van der Waals surface area (Å²) in [4.78, 5) is 23.7. The first kappa shape index (κ1) is 13.2. The minimum atomic E-state index is -1.08. The van der Waals surface area contributed by atoms with Crippen molar-refractivity contribution in [3.8, 4) is 0 Å². The molecule has 0 fully saturated rings. The second-order valence-electron chi connectivity index (χ2n) is 3.63. The molecular weight excluding hydrogens is 225 g/mol. The number of rotatable bonds is 4. The van der Waals surface area contributed by atoms with Gasteiger partial charge in [0, 0.05) is 12.6 Å². The van der Waals surface area contributed by atoms with Gasteiger partial charge in [0.05, 0.1) is 0 Å². The third-order valence-corrected chi connectivity index (χ3v) is 2.43. The average Bonchev–Trinajstić information content (AvgIpc) is 2.26. The maximum atomic E-state index is 12.8. The van der Waals surface area contributed by atoms with Crippen LogP contribution in [0.15, 0.2) is 24.3 Å². The highest BCUT2D eigenvalue weighted by atomic mass is 19.1. The largest absolute Gasteiger partial charge is 0.480 e. The lowest BCUT2D eigenvalue weighted by Gasteiger charge is -2.27. The van der Waals surface area contributed by atoms with Gasteiger partial charge in [-0.3, -0.25) is 9.69 Å². The zero-order valence-electron chi connectivity index (χ0n) is 9.68. The summed E-state index contributed by atoms with van der Waals surface area (Å²) in [7, 11) is 0. The van der Waals surface area contributed by atoms with E-state index in [-0.39, 0.29) is 12.3 Å². The number of carboxylic acids is 1. The van der Waals surface area contributed by atoms with Crippen LogP contribution in [0.1, 0.15) is 20.3 Å². The summed E-state index contributed by atoms with van der Waals surface area (Å²) < 4.78 is 12.8. The van der Waals surface area contributed by atoms with Gasteiger partial charge in [-0.15, -0.1) is 0 Å². The van der Waals surface area contributed by atoms with E-state index in [4.69, 9.17) is 5.11 Å². The quantitative estimate of drug-likeness (QED) is 0.874. The van der Waals surface area contributed by atoms with Gasteiger partial charge in [0.1, 0.15) is 11.9 Å². The number of carboxylic acid groups (broad SMARTS) is 1. The van der Waals surface area contributed by atoms with Crippen molar-refractivity contribution in [2.75, 3.05) is 4.90 Å². The molecule has 92 valence electrons. The van der Waals surface area contributed by atoms with E-state index in [0.29, 0.717) is 5.69 Å². The number of hydrogen-bond donors (Lipinski definition) is 1. The zero-order chi connectivity index (χ0) is 13.0. The van der Waals surface area contributed by atoms with Crippen molar-refractivity contribution in [2.24, 2.45) is 0 Å². The Morgan fingerprint density at radius 1 is 1.35 bits per heavy atom. The van der Waals surface area contributed by atoms with Crippen molar-refractivity contribution in [3.05, 3.63) is 30.1 Å². The van der Waals surface area contributed by atoms with E-state index in [1.165, 1.54) is 31.2 Å². The molecule has 0 spiro atoms. The fourth-order valence-electron chi connectivity index (χ4n) is 1.65. The van der Waals surface area contributed by atoms with Gasteiger partial charge in [-0.05, 0) is 30.7 Å². The first-order valence-electron chi connectivity index (χ1n) is 5.25. The highest BCUT2D eigenvalue weighted by Gasteiger charge is 2.27. The molecule has 0 aliphatic rings. The van der Waals surface area contributed by atoms with Crippen molar-refractivity contribution >= 4 is 17.6 Å². The van der Waals surface area contributed by atoms with E-state index in [2.05, 4.69) is 0 Å². The molecule has 5 heteroatoms. The normalized spacial score (nSPS) is 11.9. The Labute approximate surface area is 98.7 Å². The number of halogens is 1. The Bertz CT molecular complexity index is 416. The van der Waals surface area contributed by atoms with Gasteiger partial charge in [-0.25, -0.2) is 9.18 Å². The van der Waals surface area contributed by atoms with Gasteiger partial charge in [0.15, 0.2) is 0 Å². The number of carbonyl (C=O) groups is 2. The molecule has 0 aliphatic carbocycles. The summed E-state index contributed by atoms with van der Waals surface area (Å²) in [5.74, 6) is -1.89. The van der Waals surface area contributed by atoms with Crippen LogP contribution in [0.5, 0.6) is 0 Å². The first-order chi connectivity index (χ1) is 7.97. The van der Waals surface area contributed by atoms with E-state index in [1.807, 2.05) is 0 Å². The second kappa shape index (κ2) is 5.43. The molecule has 17 heavy (non-hydrogen) atoms. The van der Waals surface area contributed by atoms with Gasteiger partial charge in [-0.1, -0.05) is 6.92 Å². The van der Waals surface area contributed by atoms with Crippen molar-refractivity contribution in [1.82, 2.24) is 0 Å². The van der Waals surface area contributed by atoms with Gasteiger partial charge >= 0.3 is 5.97 Å². The summed E-state index contributed by atoms with van der Waals surface area (Å²) in [6.07, 6.45) is 0.284. The van der Waals surface area contributed by atoms with Crippen LogP contribution in [0.3, 0.4) is 0 Å². The zero-order valence-corrected chi connectivity index (χ0v) is 9.68. The Hall–Kier alpha value is -1.91. The fourth-order valence-corrected chi connectivity index (χ4v) is 1.65. The van der Waals surface area contributed by atoms with Crippen LogP contribution in [0.25, 0.3) is 0 Å². The Morgan fingerprint density at radius 2 is 1.88 bits per heavy atom. The Morgan fingerprint density at radius 3 is 2.24 bits per heavy atom. The molecule has 0 radical (unpaired) electrons. The number of carbonyl (C=O) groups excluding carboxylic acids is 1. The Balaban J connectivity index is 3.12. The molecule has 1 N–H and O–H groups in total. The minimum Gasteiger partial charge on any atom is -0.480 e. The van der Waals surface area contributed by atoms with Crippen LogP contribution in [0.4, 0.5) is 10.1 Å². The fraction of sp³-hybridized carbons (Fsp3) is 0.333. The van der Waals surface area contributed by atoms with Crippen molar-refractivity contribution in [3.63, 3.8) is 0 Å². The van der Waals surface area contributed by atoms with Crippen molar-refractivity contribution in [2.45, 2.75) is 26.3 Å². The monoisotopic (exact) mass is 239 g/mol. The van der Waals surface area contributed by atoms with Crippen LogP contribution in [-0.2, 0) is 9.59 Å². The predicted molar refractivity (Wildman–Crippen MR) is 61.3 cm³/mol. The lowest BCUT2D eigenvalue weighted by atomic mass is 10.1. The van der Waals surface area contributed by atoms with Crippen molar-refractivity contribution in [1.29, 1.82) is 0 Å². The second-order valence-corrected chi connectivity index (χ2v) is 3.63. The maximum Gasteiger partial charge on any atom is 0.326 e. The van der Waals surface area contributed by atoms with Crippen LogP contribution < -0.4 is 4.90 Å². The van der Waals surface area contributed by atoms with Gasteiger partial charge in [0.2, 0.25) is 5.91 Å². The summed E-state index contributed by atoms with van der Waals surface area (Å²) in [6, 6.07) is 4.24. The van der Waals surface area contributed by atoms with Crippen molar-refractivity contribution < 1.29 is 19.1 Å². The number of benzene rings is 1. The molecule has 0 saturated carbocycles. The smallest absolute Gasteiger partial charge is 0.326 e. The first-order valence-corrected chi connectivity index (χ1v) is 5.25. The molecular formula is C12H14FNO3. The van der Waals surface area contributed by atoms with Gasteiger partial charge in [-0.2, -0.15) is 0 Å². The molecule has 1 amide bonds. The van der Waals surface area contributed by atoms with Crippen LogP contribution in [0.2, 0.25) is 0 Å². The molecule has 0 aliphatic heterocycles. The summed E-state index contributed by atoms with van der Waals surface area (Å²) in [5, 5.41) is 9.04. The highest BCUT2D eigenvalue weighted by molar-refractivity contribution is 5.97. The van der Waals surface area contributed by atoms with Crippen LogP contribution in [-0.4, -0.2) is 23.0 Å². The highest BCUT2D eigenvalue weighted by Crippen LogP contribution is 2.19.